The van der Waals surface area contributed by atoms with Gasteiger partial charge >= 0.3 is 0 Å². The standard InChI is InChI=1S/C15H25N5O/c1-4-20(11-7-5-6-8-13(16)21)12-9-10-19-15(18-3)14(12)17-2/h9-10H,2,4-8,11H2,1,3H3,(H2,16,21)(H,18,19). The number of pyridine rings is 1. The number of primary amides is 1. The van der Waals surface area contributed by atoms with Gasteiger partial charge in [0, 0.05) is 32.8 Å². The molecule has 21 heavy (non-hydrogen) atoms. The van der Waals surface area contributed by atoms with Crippen LogP contribution < -0.4 is 16.0 Å². The fraction of sp³-hybridized carbons (Fsp3) is 0.533. The van der Waals surface area contributed by atoms with E-state index in [0.29, 0.717) is 6.42 Å². The highest BCUT2D eigenvalue weighted by Crippen LogP contribution is 2.33. The van der Waals surface area contributed by atoms with Gasteiger partial charge in [0.15, 0.2) is 5.82 Å². The van der Waals surface area contributed by atoms with Crippen LogP contribution in [0.4, 0.5) is 17.2 Å². The van der Waals surface area contributed by atoms with Crippen LogP contribution in [0.3, 0.4) is 0 Å². The van der Waals surface area contributed by atoms with E-state index in [0.717, 1.165) is 49.5 Å². The van der Waals surface area contributed by atoms with Crippen molar-refractivity contribution in [2.75, 3.05) is 30.4 Å². The zero-order valence-electron chi connectivity index (χ0n) is 12.9. The average molecular weight is 291 g/mol. The Kier molecular flexibility index (Phi) is 7.21. The molecular weight excluding hydrogens is 266 g/mol. The van der Waals surface area contributed by atoms with Crippen molar-refractivity contribution >= 4 is 29.8 Å². The maximum atomic E-state index is 10.7. The maximum absolute atomic E-state index is 10.7. The summed E-state index contributed by atoms with van der Waals surface area (Å²) in [5.41, 5.74) is 6.95. The van der Waals surface area contributed by atoms with E-state index in [1.807, 2.05) is 13.1 Å². The summed E-state index contributed by atoms with van der Waals surface area (Å²) in [6, 6.07) is 1.96. The van der Waals surface area contributed by atoms with Crippen LogP contribution in [0.25, 0.3) is 0 Å². The van der Waals surface area contributed by atoms with Gasteiger partial charge in [-0.15, -0.1) is 0 Å². The number of anilines is 2. The Morgan fingerprint density at radius 2 is 2.24 bits per heavy atom. The largest absolute Gasteiger partial charge is 0.371 e. The second kappa shape index (κ2) is 8.94. The fourth-order valence-corrected chi connectivity index (χ4v) is 2.27. The molecular formula is C15H25N5O. The fourth-order valence-electron chi connectivity index (χ4n) is 2.27. The summed E-state index contributed by atoms with van der Waals surface area (Å²) in [6.45, 7) is 7.53. The molecule has 0 fully saturated rings. The molecule has 1 rings (SSSR count). The molecule has 0 saturated carbocycles. The van der Waals surface area contributed by atoms with Crippen molar-refractivity contribution in [1.82, 2.24) is 4.98 Å². The summed E-state index contributed by atoms with van der Waals surface area (Å²) in [5, 5.41) is 3.03. The van der Waals surface area contributed by atoms with E-state index in [9.17, 15) is 4.79 Å². The number of hydrogen-bond donors (Lipinski definition) is 2. The lowest BCUT2D eigenvalue weighted by Gasteiger charge is -2.25. The van der Waals surface area contributed by atoms with Gasteiger partial charge in [0.1, 0.15) is 5.69 Å². The van der Waals surface area contributed by atoms with Gasteiger partial charge in [-0.1, -0.05) is 6.42 Å². The number of carbonyl (C=O) groups is 1. The minimum absolute atomic E-state index is 0.228. The number of nitrogens with zero attached hydrogens (tertiary/aromatic N) is 3. The van der Waals surface area contributed by atoms with Gasteiger partial charge in [0.25, 0.3) is 0 Å². The van der Waals surface area contributed by atoms with Crippen molar-refractivity contribution in [2.45, 2.75) is 32.6 Å². The lowest BCUT2D eigenvalue weighted by atomic mass is 10.1. The van der Waals surface area contributed by atoms with Crippen LogP contribution in [-0.4, -0.2) is 37.7 Å². The Hall–Kier alpha value is -2.11. The highest BCUT2D eigenvalue weighted by Gasteiger charge is 2.12. The smallest absolute Gasteiger partial charge is 0.217 e. The van der Waals surface area contributed by atoms with Crippen molar-refractivity contribution in [3.8, 4) is 0 Å². The zero-order valence-corrected chi connectivity index (χ0v) is 12.9. The molecule has 0 bridgehead atoms. The second-order valence-electron chi connectivity index (χ2n) is 4.79. The van der Waals surface area contributed by atoms with Crippen molar-refractivity contribution in [3.05, 3.63) is 12.3 Å². The lowest BCUT2D eigenvalue weighted by molar-refractivity contribution is -0.118. The number of rotatable bonds is 10. The number of nitrogens with two attached hydrogens (primary N) is 1. The van der Waals surface area contributed by atoms with Gasteiger partial charge in [-0.05, 0) is 32.5 Å². The van der Waals surface area contributed by atoms with E-state index >= 15 is 0 Å². The number of hydrogen-bond acceptors (Lipinski definition) is 5. The Bertz CT molecular complexity index is 475. The SMILES string of the molecule is C=Nc1c(N(CC)CCCCCC(N)=O)ccnc1NC. The summed E-state index contributed by atoms with van der Waals surface area (Å²) in [7, 11) is 1.82. The first-order chi connectivity index (χ1) is 10.1. The minimum Gasteiger partial charge on any atom is -0.371 e. The molecule has 0 spiro atoms. The third kappa shape index (κ3) is 5.06. The summed E-state index contributed by atoms with van der Waals surface area (Å²) >= 11 is 0. The van der Waals surface area contributed by atoms with Crippen molar-refractivity contribution in [1.29, 1.82) is 0 Å². The van der Waals surface area contributed by atoms with E-state index in [2.05, 4.69) is 33.8 Å². The molecule has 116 valence electrons. The topological polar surface area (TPSA) is 83.6 Å². The Balaban J connectivity index is 2.67. The average Bonchev–Trinajstić information content (AvgIpc) is 2.49. The summed E-state index contributed by atoms with van der Waals surface area (Å²) in [4.78, 5) is 21.3. The molecule has 1 heterocycles. The van der Waals surface area contributed by atoms with E-state index in [1.165, 1.54) is 0 Å². The number of carbonyl (C=O) groups excluding carboxylic acids is 1. The minimum atomic E-state index is -0.228. The van der Waals surface area contributed by atoms with Crippen LogP contribution in [-0.2, 0) is 4.79 Å². The van der Waals surface area contributed by atoms with Crippen LogP contribution in [0.2, 0.25) is 0 Å². The van der Waals surface area contributed by atoms with E-state index < -0.39 is 0 Å². The van der Waals surface area contributed by atoms with Gasteiger partial charge in [0.2, 0.25) is 5.91 Å². The predicted octanol–water partition coefficient (Wildman–Crippen LogP) is 2.33. The normalized spacial score (nSPS) is 10.2. The summed E-state index contributed by atoms with van der Waals surface area (Å²) in [6.07, 6.45) is 5.07. The van der Waals surface area contributed by atoms with Gasteiger partial charge in [-0.25, -0.2) is 4.98 Å². The molecule has 0 unspecified atom stereocenters. The van der Waals surface area contributed by atoms with Gasteiger partial charge in [-0.3, -0.25) is 9.79 Å². The Morgan fingerprint density at radius 3 is 2.81 bits per heavy atom. The number of nitrogens with one attached hydrogen (secondary N) is 1. The zero-order chi connectivity index (χ0) is 15.7. The third-order valence-electron chi connectivity index (χ3n) is 3.37. The molecule has 0 aliphatic rings. The third-order valence-corrected chi connectivity index (χ3v) is 3.37. The first-order valence-corrected chi connectivity index (χ1v) is 7.30. The van der Waals surface area contributed by atoms with E-state index in [-0.39, 0.29) is 5.91 Å². The van der Waals surface area contributed by atoms with Crippen molar-refractivity contribution in [2.24, 2.45) is 10.7 Å². The van der Waals surface area contributed by atoms with Crippen molar-refractivity contribution in [3.63, 3.8) is 0 Å². The van der Waals surface area contributed by atoms with Crippen LogP contribution in [0.15, 0.2) is 17.3 Å². The second-order valence-corrected chi connectivity index (χ2v) is 4.79. The quantitative estimate of drug-likeness (QED) is 0.512. The molecule has 1 amide bonds. The Labute approximate surface area is 126 Å². The lowest BCUT2D eigenvalue weighted by Crippen LogP contribution is -2.24. The molecule has 1 aromatic rings. The van der Waals surface area contributed by atoms with Crippen LogP contribution in [0, 0.1) is 0 Å². The van der Waals surface area contributed by atoms with Crippen LogP contribution in [0.1, 0.15) is 32.6 Å². The summed E-state index contributed by atoms with van der Waals surface area (Å²) < 4.78 is 0. The number of aliphatic imine (C=N–C) groups is 1. The number of unbranched alkanes of at least 4 members (excludes halogenated alkanes) is 2. The number of amides is 1. The van der Waals surface area contributed by atoms with Gasteiger partial charge < -0.3 is 16.0 Å². The molecule has 0 radical (unpaired) electrons. The molecule has 3 N–H and O–H groups in total. The highest BCUT2D eigenvalue weighted by atomic mass is 16.1. The first kappa shape index (κ1) is 16.9. The predicted molar refractivity (Wildman–Crippen MR) is 88.5 cm³/mol. The van der Waals surface area contributed by atoms with Gasteiger partial charge in [0.05, 0.1) is 5.69 Å². The van der Waals surface area contributed by atoms with E-state index in [4.69, 9.17) is 5.73 Å². The van der Waals surface area contributed by atoms with E-state index in [1.54, 1.807) is 6.20 Å². The summed E-state index contributed by atoms with van der Waals surface area (Å²) in [5.74, 6) is 0.503. The molecule has 0 saturated heterocycles. The monoisotopic (exact) mass is 291 g/mol. The van der Waals surface area contributed by atoms with Crippen LogP contribution >= 0.6 is 0 Å². The molecule has 0 atom stereocenters. The molecule has 1 aromatic heterocycles. The molecule has 0 aromatic carbocycles. The Morgan fingerprint density at radius 1 is 1.48 bits per heavy atom. The van der Waals surface area contributed by atoms with Crippen molar-refractivity contribution < 1.29 is 4.79 Å². The molecule has 6 nitrogen and oxygen atoms in total. The van der Waals surface area contributed by atoms with Crippen LogP contribution in [0.5, 0.6) is 0 Å². The molecule has 0 aliphatic carbocycles. The maximum Gasteiger partial charge on any atom is 0.217 e. The number of aromatic nitrogens is 1. The highest BCUT2D eigenvalue weighted by molar-refractivity contribution is 5.79. The molecule has 6 heteroatoms. The first-order valence-electron chi connectivity index (χ1n) is 7.30. The molecule has 0 aliphatic heterocycles. The van der Waals surface area contributed by atoms with Gasteiger partial charge in [-0.2, -0.15) is 0 Å².